The van der Waals surface area contributed by atoms with Crippen LogP contribution < -0.4 is 19.5 Å². The van der Waals surface area contributed by atoms with Crippen LogP contribution in [0.15, 0.2) is 73.1 Å². The molecule has 0 unspecified atom stereocenters. The monoisotopic (exact) mass is 572 g/mol. The van der Waals surface area contributed by atoms with E-state index < -0.39 is 5.97 Å². The molecular formula is C33H30ClFN2O4. The zero-order valence-corrected chi connectivity index (χ0v) is 24.2. The van der Waals surface area contributed by atoms with Gasteiger partial charge in [-0.05, 0) is 74.7 Å². The lowest BCUT2D eigenvalue weighted by Crippen LogP contribution is -2.32. The number of benzene rings is 3. The van der Waals surface area contributed by atoms with Crippen molar-refractivity contribution in [2.45, 2.75) is 39.8 Å². The summed E-state index contributed by atoms with van der Waals surface area (Å²) in [4.78, 5) is 16.6. The molecule has 3 aromatic carbocycles. The predicted molar refractivity (Wildman–Crippen MR) is 159 cm³/mol. The lowest BCUT2D eigenvalue weighted by Gasteiger charge is -2.33. The Hall–Kier alpha value is -4.36. The van der Waals surface area contributed by atoms with Crippen LogP contribution in [0.4, 0.5) is 10.1 Å². The second kappa shape index (κ2) is 11.3. The Balaban J connectivity index is 1.56. The van der Waals surface area contributed by atoms with E-state index in [9.17, 15) is 9.18 Å². The number of nitrogens with zero attached hydrogens (tertiary/aromatic N) is 1. The lowest BCUT2D eigenvalue weighted by atomic mass is 9.85. The molecule has 1 N–H and O–H groups in total. The maximum Gasteiger partial charge on any atom is 0.345 e. The number of pyridine rings is 1. The van der Waals surface area contributed by atoms with Crippen molar-refractivity contribution in [2.24, 2.45) is 0 Å². The molecule has 0 spiro atoms. The third-order valence-corrected chi connectivity index (χ3v) is 7.23. The van der Waals surface area contributed by atoms with Crippen LogP contribution in [0.25, 0.3) is 16.7 Å². The van der Waals surface area contributed by atoms with E-state index in [1.54, 1.807) is 25.3 Å². The van der Waals surface area contributed by atoms with Crippen molar-refractivity contribution >= 4 is 28.8 Å². The highest BCUT2D eigenvalue weighted by atomic mass is 35.5. The molecular weight excluding hydrogens is 543 g/mol. The van der Waals surface area contributed by atoms with E-state index in [1.165, 1.54) is 30.6 Å². The summed E-state index contributed by atoms with van der Waals surface area (Å²) in [7, 11) is 1.56. The zero-order valence-electron chi connectivity index (χ0n) is 23.5. The van der Waals surface area contributed by atoms with Crippen molar-refractivity contribution in [3.8, 4) is 28.4 Å². The van der Waals surface area contributed by atoms with Crippen LogP contribution in [-0.2, 0) is 6.61 Å². The minimum atomic E-state index is -0.602. The number of aryl methyl sites for hydroxylation is 1. The summed E-state index contributed by atoms with van der Waals surface area (Å²) in [6.45, 7) is 8.37. The quantitative estimate of drug-likeness (QED) is 0.177. The third kappa shape index (κ3) is 5.91. The van der Waals surface area contributed by atoms with Gasteiger partial charge in [0, 0.05) is 46.9 Å². The second-order valence-corrected chi connectivity index (χ2v) is 10.9. The number of hydrogen-bond acceptors (Lipinski definition) is 6. The minimum Gasteiger partial charge on any atom is -0.496 e. The predicted octanol–water partition coefficient (Wildman–Crippen LogP) is 8.26. The Morgan fingerprint density at radius 3 is 2.56 bits per heavy atom. The van der Waals surface area contributed by atoms with Gasteiger partial charge >= 0.3 is 5.97 Å². The first kappa shape index (κ1) is 28.2. The van der Waals surface area contributed by atoms with E-state index in [1.807, 2.05) is 25.1 Å². The van der Waals surface area contributed by atoms with Crippen LogP contribution in [0.2, 0.25) is 5.02 Å². The molecule has 41 heavy (non-hydrogen) atoms. The molecule has 0 fully saturated rings. The van der Waals surface area contributed by atoms with Crippen molar-refractivity contribution in [1.82, 2.24) is 4.98 Å². The molecule has 0 saturated heterocycles. The largest absolute Gasteiger partial charge is 0.496 e. The number of allylic oxidation sites excluding steroid dienone is 1. The lowest BCUT2D eigenvalue weighted by molar-refractivity contribution is 0.0734. The molecule has 1 aromatic heterocycles. The first-order valence-electron chi connectivity index (χ1n) is 13.1. The van der Waals surface area contributed by atoms with Crippen molar-refractivity contribution in [3.05, 3.63) is 106 Å². The fraction of sp³-hybridized carbons (Fsp3) is 0.212. The summed E-state index contributed by atoms with van der Waals surface area (Å²) in [5.74, 6) is 0.317. The summed E-state index contributed by atoms with van der Waals surface area (Å²) in [6, 6.07) is 15.3. The molecule has 210 valence electrons. The van der Waals surface area contributed by atoms with E-state index >= 15 is 0 Å². The van der Waals surface area contributed by atoms with Gasteiger partial charge in [-0.2, -0.15) is 0 Å². The average Bonchev–Trinajstić information content (AvgIpc) is 2.92. The van der Waals surface area contributed by atoms with Crippen molar-refractivity contribution < 1.29 is 23.4 Å². The fourth-order valence-corrected chi connectivity index (χ4v) is 5.34. The van der Waals surface area contributed by atoms with Gasteiger partial charge < -0.3 is 19.5 Å². The van der Waals surface area contributed by atoms with E-state index in [0.29, 0.717) is 17.2 Å². The van der Waals surface area contributed by atoms with Gasteiger partial charge in [-0.1, -0.05) is 29.8 Å². The summed E-state index contributed by atoms with van der Waals surface area (Å²) in [5, 5.41) is 3.79. The van der Waals surface area contributed by atoms with Gasteiger partial charge in [0.05, 0.1) is 23.2 Å². The van der Waals surface area contributed by atoms with Gasteiger partial charge in [0.2, 0.25) is 0 Å². The number of hydrogen-bond donors (Lipinski definition) is 1. The third-order valence-electron chi connectivity index (χ3n) is 6.93. The van der Waals surface area contributed by atoms with Gasteiger partial charge in [-0.15, -0.1) is 0 Å². The molecule has 0 radical (unpaired) electrons. The number of fused-ring (bicyclic) bond motifs is 1. The Kier molecular flexibility index (Phi) is 7.74. The van der Waals surface area contributed by atoms with Crippen molar-refractivity contribution in [2.75, 3.05) is 12.4 Å². The number of nitrogens with one attached hydrogen (secondary N) is 1. The van der Waals surface area contributed by atoms with Crippen LogP contribution in [0, 0.1) is 12.7 Å². The van der Waals surface area contributed by atoms with E-state index in [4.69, 9.17) is 25.8 Å². The Labute approximate surface area is 243 Å². The molecule has 5 rings (SSSR count). The minimum absolute atomic E-state index is 0.191. The molecule has 8 heteroatoms. The van der Waals surface area contributed by atoms with Crippen LogP contribution >= 0.6 is 11.6 Å². The summed E-state index contributed by atoms with van der Waals surface area (Å²) in [5.41, 5.74) is 6.48. The SMILES string of the molecule is COc1cc(OC(=O)c2ccncc2Cl)ccc1-c1ccc2c(c1COc1cc(F)ccc1C)C(C)=CC(C)(C)N2. The topological polar surface area (TPSA) is 69.7 Å². The summed E-state index contributed by atoms with van der Waals surface area (Å²) >= 11 is 6.12. The number of methoxy groups -OCH3 is 1. The summed E-state index contributed by atoms with van der Waals surface area (Å²) < 4.78 is 31.6. The fourth-order valence-electron chi connectivity index (χ4n) is 5.14. The van der Waals surface area contributed by atoms with Gasteiger partial charge in [-0.3, -0.25) is 4.98 Å². The van der Waals surface area contributed by atoms with Crippen LogP contribution in [0.3, 0.4) is 0 Å². The van der Waals surface area contributed by atoms with Crippen LogP contribution in [0.5, 0.6) is 17.2 Å². The average molecular weight is 573 g/mol. The molecule has 0 aliphatic carbocycles. The van der Waals surface area contributed by atoms with Crippen molar-refractivity contribution in [3.63, 3.8) is 0 Å². The normalized spacial score (nSPS) is 13.5. The van der Waals surface area contributed by atoms with Crippen molar-refractivity contribution in [1.29, 1.82) is 0 Å². The van der Waals surface area contributed by atoms with E-state index in [2.05, 4.69) is 37.1 Å². The van der Waals surface area contributed by atoms with E-state index in [-0.39, 0.29) is 28.5 Å². The molecule has 0 saturated carbocycles. The van der Waals surface area contributed by atoms with Gasteiger partial charge in [0.15, 0.2) is 0 Å². The zero-order chi connectivity index (χ0) is 29.3. The molecule has 6 nitrogen and oxygen atoms in total. The standard InChI is InChI=1S/C33H30ClFN2O4/c1-19-6-7-21(35)14-29(19)40-18-26-23(10-11-28-31(26)20(2)16-33(3,4)37-28)24-9-8-22(15-30(24)39-5)41-32(38)25-12-13-36-17-27(25)34/h6-17,37H,18H2,1-5H3. The van der Waals surface area contributed by atoms with Gasteiger partial charge in [0.25, 0.3) is 0 Å². The van der Waals surface area contributed by atoms with Crippen LogP contribution in [-0.4, -0.2) is 23.6 Å². The first-order chi connectivity index (χ1) is 19.6. The maximum absolute atomic E-state index is 14.0. The molecule has 4 aromatic rings. The molecule has 0 bridgehead atoms. The number of aromatic nitrogens is 1. The van der Waals surface area contributed by atoms with Gasteiger partial charge in [-0.25, -0.2) is 9.18 Å². The number of anilines is 1. The molecule has 0 amide bonds. The Morgan fingerprint density at radius 2 is 1.80 bits per heavy atom. The molecule has 0 atom stereocenters. The first-order valence-corrected chi connectivity index (χ1v) is 13.5. The highest BCUT2D eigenvalue weighted by Crippen LogP contribution is 2.43. The van der Waals surface area contributed by atoms with Gasteiger partial charge in [0.1, 0.15) is 29.7 Å². The van der Waals surface area contributed by atoms with E-state index in [0.717, 1.165) is 39.1 Å². The number of ether oxygens (including phenoxy) is 3. The Bertz CT molecular complexity index is 1680. The number of halogens is 2. The summed E-state index contributed by atoms with van der Waals surface area (Å²) in [6.07, 6.45) is 5.04. The maximum atomic E-state index is 14.0. The second-order valence-electron chi connectivity index (χ2n) is 10.5. The molecule has 1 aliphatic rings. The number of carbonyl (C=O) groups is 1. The number of rotatable bonds is 7. The highest BCUT2D eigenvalue weighted by Gasteiger charge is 2.27. The molecule has 2 heterocycles. The number of carbonyl (C=O) groups excluding carboxylic acids is 1. The highest BCUT2D eigenvalue weighted by molar-refractivity contribution is 6.33. The molecule has 1 aliphatic heterocycles. The smallest absolute Gasteiger partial charge is 0.345 e. The Morgan fingerprint density at radius 1 is 1.02 bits per heavy atom. The number of esters is 1. The van der Waals surface area contributed by atoms with Crippen LogP contribution in [0.1, 0.15) is 47.8 Å².